The Hall–Kier alpha value is -2.92. The van der Waals surface area contributed by atoms with Gasteiger partial charge in [0.05, 0.1) is 11.3 Å². The van der Waals surface area contributed by atoms with E-state index in [1.807, 2.05) is 47.9 Å². The molecule has 3 aromatic rings. The van der Waals surface area contributed by atoms with Crippen LogP contribution >= 0.6 is 0 Å². The number of methoxy groups -OCH3 is 1. The van der Waals surface area contributed by atoms with Crippen LogP contribution in [0.15, 0.2) is 60.7 Å². The third kappa shape index (κ3) is 4.26. The predicted molar refractivity (Wildman–Crippen MR) is 105 cm³/mol. The molecule has 1 N–H and O–H groups in total. The molecule has 0 bridgehead atoms. The molecule has 2 aromatic carbocycles. The van der Waals surface area contributed by atoms with E-state index in [4.69, 9.17) is 4.74 Å². The predicted octanol–water partition coefficient (Wildman–Crippen LogP) is 4.36. The van der Waals surface area contributed by atoms with Crippen molar-refractivity contribution in [1.29, 1.82) is 0 Å². The van der Waals surface area contributed by atoms with Crippen LogP contribution in [0.5, 0.6) is 0 Å². The van der Waals surface area contributed by atoms with Crippen molar-refractivity contribution in [2.45, 2.75) is 13.3 Å². The van der Waals surface area contributed by atoms with E-state index in [2.05, 4.69) is 5.32 Å². The van der Waals surface area contributed by atoms with E-state index >= 15 is 0 Å². The topological polar surface area (TPSA) is 43.3 Å². The summed E-state index contributed by atoms with van der Waals surface area (Å²) in [4.78, 5) is 12.7. The van der Waals surface area contributed by atoms with Gasteiger partial charge in [0.15, 0.2) is 0 Å². The Bertz CT molecular complexity index is 902. The van der Waals surface area contributed by atoms with E-state index in [0.717, 1.165) is 29.1 Å². The van der Waals surface area contributed by atoms with E-state index in [9.17, 15) is 9.18 Å². The molecule has 3 rings (SSSR count). The minimum atomic E-state index is -0.288. The number of hydrogen-bond donors (Lipinski definition) is 1. The maximum atomic E-state index is 13.4. The minimum Gasteiger partial charge on any atom is -0.385 e. The van der Waals surface area contributed by atoms with Crippen LogP contribution in [-0.2, 0) is 4.74 Å². The second kappa shape index (κ2) is 8.64. The third-order valence-corrected chi connectivity index (χ3v) is 4.46. The maximum absolute atomic E-state index is 13.4. The van der Waals surface area contributed by atoms with Gasteiger partial charge in [-0.1, -0.05) is 18.2 Å². The first kappa shape index (κ1) is 18.9. The van der Waals surface area contributed by atoms with E-state index in [1.165, 1.54) is 12.1 Å². The number of aromatic nitrogens is 1. The van der Waals surface area contributed by atoms with Crippen LogP contribution in [0.1, 0.15) is 22.5 Å². The summed E-state index contributed by atoms with van der Waals surface area (Å²) in [6.07, 6.45) is 0.755. The van der Waals surface area contributed by atoms with Crippen molar-refractivity contribution >= 4 is 5.91 Å². The molecular formula is C22H23FN2O2. The lowest BCUT2D eigenvalue weighted by atomic mass is 10.1. The number of benzene rings is 2. The molecule has 140 valence electrons. The summed E-state index contributed by atoms with van der Waals surface area (Å²) < 4.78 is 20.4. The number of nitrogens with one attached hydrogen (secondary N) is 1. The van der Waals surface area contributed by atoms with Crippen LogP contribution in [0.4, 0.5) is 4.39 Å². The van der Waals surface area contributed by atoms with Crippen LogP contribution in [0.25, 0.3) is 16.9 Å². The van der Waals surface area contributed by atoms with E-state index < -0.39 is 0 Å². The SMILES string of the molecule is COCCCNC(=O)c1cc(-c2ccc(F)cc2)n(-c2ccccc2)c1C. The van der Waals surface area contributed by atoms with Crippen molar-refractivity contribution < 1.29 is 13.9 Å². The average molecular weight is 366 g/mol. The van der Waals surface area contributed by atoms with E-state index in [-0.39, 0.29) is 11.7 Å². The van der Waals surface area contributed by atoms with Crippen molar-refractivity contribution in [2.75, 3.05) is 20.3 Å². The lowest BCUT2D eigenvalue weighted by molar-refractivity contribution is 0.0948. The van der Waals surface area contributed by atoms with Gasteiger partial charge in [-0.15, -0.1) is 0 Å². The van der Waals surface area contributed by atoms with Crippen molar-refractivity contribution in [3.63, 3.8) is 0 Å². The second-order valence-electron chi connectivity index (χ2n) is 6.31. The second-order valence-corrected chi connectivity index (χ2v) is 6.31. The molecule has 0 aliphatic carbocycles. The lowest BCUT2D eigenvalue weighted by Crippen LogP contribution is -2.25. The Morgan fingerprint density at radius 1 is 1.11 bits per heavy atom. The summed E-state index contributed by atoms with van der Waals surface area (Å²) in [6.45, 7) is 3.07. The van der Waals surface area contributed by atoms with Gasteiger partial charge < -0.3 is 14.6 Å². The highest BCUT2D eigenvalue weighted by Crippen LogP contribution is 2.29. The molecular weight excluding hydrogens is 343 g/mol. The molecule has 4 nitrogen and oxygen atoms in total. The molecule has 0 spiro atoms. The first-order valence-corrected chi connectivity index (χ1v) is 8.92. The van der Waals surface area contributed by atoms with Crippen LogP contribution in [0, 0.1) is 12.7 Å². The summed E-state index contributed by atoms with van der Waals surface area (Å²) in [5, 5.41) is 2.93. The number of halogens is 1. The van der Waals surface area contributed by atoms with Gasteiger partial charge in [0.1, 0.15) is 5.82 Å². The molecule has 0 atom stereocenters. The fourth-order valence-electron chi connectivity index (χ4n) is 3.09. The van der Waals surface area contributed by atoms with Gasteiger partial charge in [-0.05, 0) is 61.4 Å². The van der Waals surface area contributed by atoms with Crippen molar-refractivity contribution in [1.82, 2.24) is 9.88 Å². The summed E-state index contributed by atoms with van der Waals surface area (Å²) in [5.74, 6) is -0.411. The average Bonchev–Trinajstić information content (AvgIpc) is 3.03. The van der Waals surface area contributed by atoms with Gasteiger partial charge in [0, 0.05) is 31.6 Å². The number of amides is 1. The number of nitrogens with zero attached hydrogens (tertiary/aromatic N) is 1. The Balaban J connectivity index is 2.01. The molecule has 1 amide bonds. The maximum Gasteiger partial charge on any atom is 0.253 e. The highest BCUT2D eigenvalue weighted by atomic mass is 19.1. The normalized spacial score (nSPS) is 10.8. The van der Waals surface area contributed by atoms with Crippen LogP contribution in [0.2, 0.25) is 0 Å². The van der Waals surface area contributed by atoms with Crippen molar-refractivity contribution in [3.8, 4) is 16.9 Å². The Kier molecular flexibility index (Phi) is 6.04. The standard InChI is InChI=1S/C22H23FN2O2/c1-16-20(22(26)24-13-6-14-27-2)15-21(17-9-11-18(23)12-10-17)25(16)19-7-4-3-5-8-19/h3-5,7-12,15H,6,13-14H2,1-2H3,(H,24,26). The first-order chi connectivity index (χ1) is 13.1. The Labute approximate surface area is 158 Å². The van der Waals surface area contributed by atoms with Gasteiger partial charge >= 0.3 is 0 Å². The molecule has 0 saturated heterocycles. The van der Waals surface area contributed by atoms with Crippen LogP contribution in [0.3, 0.4) is 0 Å². The number of hydrogen-bond acceptors (Lipinski definition) is 2. The third-order valence-electron chi connectivity index (χ3n) is 4.46. The van der Waals surface area contributed by atoms with Gasteiger partial charge in [0.2, 0.25) is 0 Å². The fourth-order valence-corrected chi connectivity index (χ4v) is 3.09. The fraction of sp³-hybridized carbons (Fsp3) is 0.227. The summed E-state index contributed by atoms with van der Waals surface area (Å²) in [5.41, 5.74) is 4.09. The van der Waals surface area contributed by atoms with Crippen LogP contribution in [-0.4, -0.2) is 30.7 Å². The number of para-hydroxylation sites is 1. The Morgan fingerprint density at radius 3 is 2.48 bits per heavy atom. The summed E-state index contributed by atoms with van der Waals surface area (Å²) in [6, 6.07) is 18.0. The molecule has 0 radical (unpaired) electrons. The number of carbonyl (C=O) groups is 1. The molecule has 0 saturated carbocycles. The Morgan fingerprint density at radius 2 is 1.81 bits per heavy atom. The lowest BCUT2D eigenvalue weighted by Gasteiger charge is -2.12. The highest BCUT2D eigenvalue weighted by Gasteiger charge is 2.19. The van der Waals surface area contributed by atoms with E-state index in [0.29, 0.717) is 18.7 Å². The summed E-state index contributed by atoms with van der Waals surface area (Å²) in [7, 11) is 1.64. The number of ether oxygens (including phenoxy) is 1. The number of rotatable bonds is 7. The molecule has 5 heteroatoms. The molecule has 0 fully saturated rings. The molecule has 1 heterocycles. The zero-order valence-corrected chi connectivity index (χ0v) is 15.5. The van der Waals surface area contributed by atoms with Crippen LogP contribution < -0.4 is 5.32 Å². The highest BCUT2D eigenvalue weighted by molar-refractivity contribution is 5.97. The minimum absolute atomic E-state index is 0.123. The van der Waals surface area contributed by atoms with Gasteiger partial charge in [-0.25, -0.2) is 4.39 Å². The largest absolute Gasteiger partial charge is 0.385 e. The molecule has 1 aromatic heterocycles. The monoisotopic (exact) mass is 366 g/mol. The van der Waals surface area contributed by atoms with Gasteiger partial charge in [-0.2, -0.15) is 0 Å². The smallest absolute Gasteiger partial charge is 0.253 e. The zero-order chi connectivity index (χ0) is 19.2. The molecule has 0 unspecified atom stereocenters. The van der Waals surface area contributed by atoms with Gasteiger partial charge in [0.25, 0.3) is 5.91 Å². The van der Waals surface area contributed by atoms with Gasteiger partial charge in [-0.3, -0.25) is 4.79 Å². The van der Waals surface area contributed by atoms with E-state index in [1.54, 1.807) is 19.2 Å². The summed E-state index contributed by atoms with van der Waals surface area (Å²) >= 11 is 0. The quantitative estimate of drug-likeness (QED) is 0.632. The molecule has 0 aliphatic heterocycles. The van der Waals surface area contributed by atoms with Crippen molar-refractivity contribution in [3.05, 3.63) is 77.7 Å². The number of carbonyl (C=O) groups excluding carboxylic acids is 1. The zero-order valence-electron chi connectivity index (χ0n) is 15.5. The molecule has 0 aliphatic rings. The molecule has 27 heavy (non-hydrogen) atoms. The first-order valence-electron chi connectivity index (χ1n) is 8.92. The van der Waals surface area contributed by atoms with Crippen molar-refractivity contribution in [2.24, 2.45) is 0 Å².